The lowest BCUT2D eigenvalue weighted by atomic mass is 9.71. The SMILES string of the molecule is CO.Cc1ccc2c(c1C(=O)NCC1(C)CCCC(C)C1)/C=C\C(C1CCCC1)=C\CC2C. The van der Waals surface area contributed by atoms with E-state index in [0.717, 1.165) is 42.7 Å². The van der Waals surface area contributed by atoms with Gasteiger partial charge in [0.1, 0.15) is 0 Å². The van der Waals surface area contributed by atoms with Crippen molar-refractivity contribution < 1.29 is 9.90 Å². The zero-order chi connectivity index (χ0) is 24.0. The molecule has 2 saturated carbocycles. The normalized spacial score (nSPS) is 30.1. The highest BCUT2D eigenvalue weighted by Crippen LogP contribution is 2.39. The molecule has 0 radical (unpaired) electrons. The fourth-order valence-corrected chi connectivity index (χ4v) is 6.37. The number of aliphatic hydroxyl groups excluding tert-OH is 1. The van der Waals surface area contributed by atoms with E-state index in [4.69, 9.17) is 5.11 Å². The first-order chi connectivity index (χ1) is 15.9. The number of fused-ring (bicyclic) bond motifs is 1. The maximum Gasteiger partial charge on any atom is 0.252 e. The predicted octanol–water partition coefficient (Wildman–Crippen LogP) is 7.19. The average Bonchev–Trinajstić information content (AvgIpc) is 3.32. The van der Waals surface area contributed by atoms with Crippen LogP contribution in [0, 0.1) is 24.2 Å². The Kier molecular flexibility index (Phi) is 8.98. The molecule has 3 heteroatoms. The van der Waals surface area contributed by atoms with Gasteiger partial charge in [-0.1, -0.05) is 76.8 Å². The first-order valence-electron chi connectivity index (χ1n) is 13.1. The van der Waals surface area contributed by atoms with Crippen molar-refractivity contribution >= 4 is 12.0 Å². The minimum atomic E-state index is 0.109. The molecule has 0 aromatic heterocycles. The molecule has 4 rings (SSSR count). The van der Waals surface area contributed by atoms with Crippen LogP contribution in [-0.2, 0) is 0 Å². The highest BCUT2D eigenvalue weighted by Gasteiger charge is 2.31. The summed E-state index contributed by atoms with van der Waals surface area (Å²) in [5, 5.41) is 10.4. The Bertz CT molecular complexity index is 878. The number of aliphatic hydroxyl groups is 1. The fraction of sp³-hybridized carbons (Fsp3) is 0.633. The van der Waals surface area contributed by atoms with Gasteiger partial charge in [0.2, 0.25) is 0 Å². The van der Waals surface area contributed by atoms with E-state index < -0.39 is 0 Å². The van der Waals surface area contributed by atoms with Gasteiger partial charge in [-0.05, 0) is 84.5 Å². The second-order valence-electron chi connectivity index (χ2n) is 11.1. The van der Waals surface area contributed by atoms with Gasteiger partial charge in [0.15, 0.2) is 0 Å². The van der Waals surface area contributed by atoms with Gasteiger partial charge < -0.3 is 10.4 Å². The van der Waals surface area contributed by atoms with Gasteiger partial charge in [0, 0.05) is 19.2 Å². The molecule has 0 bridgehead atoms. The molecule has 1 aromatic rings. The zero-order valence-corrected chi connectivity index (χ0v) is 21.5. The van der Waals surface area contributed by atoms with E-state index in [1.165, 1.54) is 62.5 Å². The minimum Gasteiger partial charge on any atom is -0.400 e. The van der Waals surface area contributed by atoms with Crippen molar-refractivity contribution in [1.82, 2.24) is 5.32 Å². The third-order valence-corrected chi connectivity index (χ3v) is 8.22. The van der Waals surface area contributed by atoms with E-state index in [2.05, 4.69) is 63.4 Å². The maximum atomic E-state index is 13.5. The van der Waals surface area contributed by atoms with Crippen LogP contribution >= 0.6 is 0 Å². The number of amides is 1. The molecule has 1 aromatic carbocycles. The monoisotopic (exact) mass is 451 g/mol. The molecule has 0 spiro atoms. The van der Waals surface area contributed by atoms with Gasteiger partial charge in [-0.2, -0.15) is 0 Å². The summed E-state index contributed by atoms with van der Waals surface area (Å²) in [4.78, 5) is 13.5. The summed E-state index contributed by atoms with van der Waals surface area (Å²) in [6, 6.07) is 4.39. The average molecular weight is 452 g/mol. The Hall–Kier alpha value is -1.87. The molecule has 3 aliphatic carbocycles. The third kappa shape index (κ3) is 6.18. The molecule has 3 atom stereocenters. The first kappa shape index (κ1) is 25.7. The summed E-state index contributed by atoms with van der Waals surface area (Å²) in [7, 11) is 1.00. The van der Waals surface area contributed by atoms with Gasteiger partial charge in [0.05, 0.1) is 0 Å². The second-order valence-corrected chi connectivity index (χ2v) is 11.1. The van der Waals surface area contributed by atoms with E-state index >= 15 is 0 Å². The molecule has 182 valence electrons. The number of aryl methyl sites for hydroxylation is 1. The summed E-state index contributed by atoms with van der Waals surface area (Å²) in [6.07, 6.45) is 18.5. The number of carbonyl (C=O) groups excluding carboxylic acids is 1. The summed E-state index contributed by atoms with van der Waals surface area (Å²) < 4.78 is 0. The number of rotatable bonds is 4. The topological polar surface area (TPSA) is 49.3 Å². The maximum absolute atomic E-state index is 13.5. The van der Waals surface area contributed by atoms with Gasteiger partial charge >= 0.3 is 0 Å². The van der Waals surface area contributed by atoms with Crippen LogP contribution in [0.15, 0.2) is 29.9 Å². The molecule has 0 saturated heterocycles. The van der Waals surface area contributed by atoms with Crippen LogP contribution in [0.4, 0.5) is 0 Å². The van der Waals surface area contributed by atoms with Gasteiger partial charge in [0.25, 0.3) is 5.91 Å². The van der Waals surface area contributed by atoms with Gasteiger partial charge in [-0.3, -0.25) is 4.79 Å². The van der Waals surface area contributed by atoms with Crippen molar-refractivity contribution in [1.29, 1.82) is 0 Å². The van der Waals surface area contributed by atoms with Crippen molar-refractivity contribution in [2.75, 3.05) is 13.7 Å². The quantitative estimate of drug-likeness (QED) is 0.509. The molecule has 3 unspecified atom stereocenters. The molecule has 2 fully saturated rings. The zero-order valence-electron chi connectivity index (χ0n) is 21.5. The van der Waals surface area contributed by atoms with E-state index in [1.54, 1.807) is 0 Å². The van der Waals surface area contributed by atoms with E-state index in [1.807, 2.05) is 0 Å². The van der Waals surface area contributed by atoms with Crippen molar-refractivity contribution in [2.45, 2.75) is 91.4 Å². The van der Waals surface area contributed by atoms with Crippen LogP contribution in [0.2, 0.25) is 0 Å². The van der Waals surface area contributed by atoms with Crippen molar-refractivity contribution in [3.63, 3.8) is 0 Å². The molecule has 0 aliphatic heterocycles. The highest BCUT2D eigenvalue weighted by atomic mass is 16.2. The molecule has 3 nitrogen and oxygen atoms in total. The summed E-state index contributed by atoms with van der Waals surface area (Å²) in [5.74, 6) is 2.01. The van der Waals surface area contributed by atoms with Crippen molar-refractivity contribution in [2.24, 2.45) is 17.3 Å². The van der Waals surface area contributed by atoms with Gasteiger partial charge in [-0.15, -0.1) is 0 Å². The largest absolute Gasteiger partial charge is 0.400 e. The number of nitrogens with one attached hydrogen (secondary N) is 1. The summed E-state index contributed by atoms with van der Waals surface area (Å²) >= 11 is 0. The van der Waals surface area contributed by atoms with Crippen LogP contribution in [0.25, 0.3) is 6.08 Å². The molecular formula is C30H45NO2. The number of allylic oxidation sites excluding steroid dienone is 3. The van der Waals surface area contributed by atoms with Crippen LogP contribution in [0.5, 0.6) is 0 Å². The minimum absolute atomic E-state index is 0.109. The molecule has 33 heavy (non-hydrogen) atoms. The molecule has 0 heterocycles. The Balaban J connectivity index is 0.00000149. The summed E-state index contributed by atoms with van der Waals surface area (Å²) in [6.45, 7) is 9.88. The summed E-state index contributed by atoms with van der Waals surface area (Å²) in [5.41, 5.74) is 6.16. The standard InChI is InChI=1S/C29H41NO.CH4O/c1-20-8-7-17-29(4,18-20)19-30-28(31)27-22(3)12-15-25-21(2)11-13-24(14-16-26(25)27)23-9-5-6-10-23;1-2/h12-16,20-21,23H,5-11,17-19H2,1-4H3,(H,30,31);2H,1H3/b16-14-,24-13-;. The van der Waals surface area contributed by atoms with Gasteiger partial charge in [-0.25, -0.2) is 0 Å². The number of benzene rings is 1. The lowest BCUT2D eigenvalue weighted by Crippen LogP contribution is -2.39. The van der Waals surface area contributed by atoms with E-state index in [0.29, 0.717) is 11.8 Å². The molecular weight excluding hydrogens is 406 g/mol. The highest BCUT2D eigenvalue weighted by molar-refractivity contribution is 6.00. The Morgan fingerprint density at radius 1 is 1.09 bits per heavy atom. The van der Waals surface area contributed by atoms with Crippen molar-refractivity contribution in [3.8, 4) is 0 Å². The lowest BCUT2D eigenvalue weighted by molar-refractivity contribution is 0.0903. The van der Waals surface area contributed by atoms with Crippen LogP contribution in [-0.4, -0.2) is 24.7 Å². The number of hydrogen-bond acceptors (Lipinski definition) is 2. The van der Waals surface area contributed by atoms with Crippen LogP contribution < -0.4 is 5.32 Å². The third-order valence-electron chi connectivity index (χ3n) is 8.22. The lowest BCUT2D eigenvalue weighted by Gasteiger charge is -2.37. The van der Waals surface area contributed by atoms with E-state index in [-0.39, 0.29) is 11.3 Å². The first-order valence-corrected chi connectivity index (χ1v) is 13.1. The smallest absolute Gasteiger partial charge is 0.252 e. The Morgan fingerprint density at radius 2 is 1.82 bits per heavy atom. The fourth-order valence-electron chi connectivity index (χ4n) is 6.37. The Morgan fingerprint density at radius 3 is 2.52 bits per heavy atom. The molecule has 1 amide bonds. The molecule has 2 N–H and O–H groups in total. The Labute approximate surface area is 201 Å². The predicted molar refractivity (Wildman–Crippen MR) is 140 cm³/mol. The van der Waals surface area contributed by atoms with E-state index in [9.17, 15) is 4.79 Å². The van der Waals surface area contributed by atoms with Crippen LogP contribution in [0.3, 0.4) is 0 Å². The number of carbonyl (C=O) groups is 1. The van der Waals surface area contributed by atoms with Crippen molar-refractivity contribution in [3.05, 3.63) is 52.1 Å². The molecule has 3 aliphatic rings. The van der Waals surface area contributed by atoms with Crippen LogP contribution in [0.1, 0.15) is 112 Å². The number of hydrogen-bond donors (Lipinski definition) is 2. The second kappa shape index (κ2) is 11.5.